The Bertz CT molecular complexity index is 788. The maximum atomic E-state index is 11.9. The van der Waals surface area contributed by atoms with Gasteiger partial charge in [-0.25, -0.2) is 5.43 Å². The molecule has 9 nitrogen and oxygen atoms in total. The van der Waals surface area contributed by atoms with Crippen molar-refractivity contribution in [3.8, 4) is 17.2 Å². The molecule has 25 heavy (non-hydrogen) atoms. The Kier molecular flexibility index (Phi) is 5.72. The van der Waals surface area contributed by atoms with E-state index in [4.69, 9.17) is 14.2 Å². The predicted octanol–water partition coefficient (Wildman–Crippen LogP) is 1.42. The number of hydrogen-bond donors (Lipinski definition) is 2. The van der Waals surface area contributed by atoms with Crippen LogP contribution in [0.1, 0.15) is 28.7 Å². The average Bonchev–Trinajstić information content (AvgIpc) is 3.01. The molecule has 1 heterocycles. The molecule has 2 aromatic rings. The average molecular weight is 346 g/mol. The van der Waals surface area contributed by atoms with Crippen LogP contribution in [-0.2, 0) is 4.79 Å². The second kappa shape index (κ2) is 7.95. The van der Waals surface area contributed by atoms with Gasteiger partial charge in [-0.2, -0.15) is 10.2 Å². The monoisotopic (exact) mass is 346 g/mol. The van der Waals surface area contributed by atoms with E-state index in [1.165, 1.54) is 27.4 Å². The SMILES string of the molecule is COc1cc(/C=N\NC(=O)c2cc(C)[nH]n2)cc(OC)c1OC(C)=O. The summed E-state index contributed by atoms with van der Waals surface area (Å²) >= 11 is 0. The number of aromatic amines is 1. The van der Waals surface area contributed by atoms with Gasteiger partial charge in [0.05, 0.1) is 20.4 Å². The van der Waals surface area contributed by atoms with Gasteiger partial charge < -0.3 is 14.2 Å². The fourth-order valence-corrected chi connectivity index (χ4v) is 1.98. The number of H-pyrrole nitrogens is 1. The Morgan fingerprint density at radius 1 is 1.20 bits per heavy atom. The Labute approximate surface area is 144 Å². The van der Waals surface area contributed by atoms with Crippen molar-refractivity contribution in [3.05, 3.63) is 35.2 Å². The molecule has 0 aliphatic heterocycles. The van der Waals surface area contributed by atoms with Crippen LogP contribution >= 0.6 is 0 Å². The van der Waals surface area contributed by atoms with Gasteiger partial charge in [-0.15, -0.1) is 0 Å². The summed E-state index contributed by atoms with van der Waals surface area (Å²) in [6, 6.07) is 4.79. The van der Waals surface area contributed by atoms with E-state index in [1.807, 2.05) is 0 Å². The number of amides is 1. The lowest BCUT2D eigenvalue weighted by Gasteiger charge is -2.13. The first-order chi connectivity index (χ1) is 11.9. The molecule has 0 radical (unpaired) electrons. The molecule has 0 saturated heterocycles. The smallest absolute Gasteiger partial charge is 0.308 e. The number of esters is 1. The highest BCUT2D eigenvalue weighted by molar-refractivity contribution is 5.93. The van der Waals surface area contributed by atoms with E-state index in [0.29, 0.717) is 17.1 Å². The van der Waals surface area contributed by atoms with E-state index in [2.05, 4.69) is 20.7 Å². The number of aromatic nitrogens is 2. The minimum absolute atomic E-state index is 0.172. The van der Waals surface area contributed by atoms with E-state index >= 15 is 0 Å². The van der Waals surface area contributed by atoms with Crippen LogP contribution in [0.3, 0.4) is 0 Å². The lowest BCUT2D eigenvalue weighted by Crippen LogP contribution is -2.18. The number of nitrogens with one attached hydrogen (secondary N) is 2. The molecule has 0 atom stereocenters. The number of carbonyl (C=O) groups excluding carboxylic acids is 2. The summed E-state index contributed by atoms with van der Waals surface area (Å²) < 4.78 is 15.5. The van der Waals surface area contributed by atoms with Crippen molar-refractivity contribution in [2.75, 3.05) is 14.2 Å². The Hall–Kier alpha value is -3.36. The first kappa shape index (κ1) is 18.0. The zero-order valence-corrected chi connectivity index (χ0v) is 14.2. The van der Waals surface area contributed by atoms with E-state index in [9.17, 15) is 9.59 Å². The van der Waals surface area contributed by atoms with Crippen LogP contribution in [0.2, 0.25) is 0 Å². The number of ether oxygens (including phenoxy) is 3. The minimum atomic E-state index is -0.500. The molecule has 2 rings (SSSR count). The number of carbonyl (C=O) groups is 2. The van der Waals surface area contributed by atoms with Gasteiger partial charge in [0.25, 0.3) is 5.91 Å². The molecule has 0 bridgehead atoms. The predicted molar refractivity (Wildman–Crippen MR) is 89.2 cm³/mol. The van der Waals surface area contributed by atoms with E-state index in [-0.39, 0.29) is 11.4 Å². The van der Waals surface area contributed by atoms with Crippen molar-refractivity contribution in [2.24, 2.45) is 5.10 Å². The number of rotatable bonds is 6. The van der Waals surface area contributed by atoms with Crippen molar-refractivity contribution in [1.29, 1.82) is 0 Å². The van der Waals surface area contributed by atoms with Crippen molar-refractivity contribution < 1.29 is 23.8 Å². The molecular formula is C16H18N4O5. The lowest BCUT2D eigenvalue weighted by molar-refractivity contribution is -0.132. The van der Waals surface area contributed by atoms with Gasteiger partial charge in [-0.1, -0.05) is 0 Å². The van der Waals surface area contributed by atoms with Gasteiger partial charge in [-0.05, 0) is 25.1 Å². The maximum Gasteiger partial charge on any atom is 0.308 e. The maximum absolute atomic E-state index is 11.9. The summed E-state index contributed by atoms with van der Waals surface area (Å²) in [4.78, 5) is 23.1. The van der Waals surface area contributed by atoms with Crippen LogP contribution in [0.4, 0.5) is 0 Å². The number of benzene rings is 1. The molecule has 1 amide bonds. The van der Waals surface area contributed by atoms with E-state index < -0.39 is 11.9 Å². The topological polar surface area (TPSA) is 115 Å². The molecule has 1 aromatic carbocycles. The number of hydrazone groups is 1. The Balaban J connectivity index is 2.18. The van der Waals surface area contributed by atoms with Crippen LogP contribution in [-0.4, -0.2) is 42.5 Å². The Morgan fingerprint density at radius 2 is 1.84 bits per heavy atom. The van der Waals surface area contributed by atoms with Crippen LogP contribution in [0.5, 0.6) is 17.2 Å². The van der Waals surface area contributed by atoms with Gasteiger partial charge in [0, 0.05) is 18.2 Å². The normalized spacial score (nSPS) is 10.6. The molecule has 2 N–H and O–H groups in total. The molecule has 0 spiro atoms. The molecule has 9 heteroatoms. The van der Waals surface area contributed by atoms with E-state index in [0.717, 1.165) is 5.69 Å². The van der Waals surface area contributed by atoms with Gasteiger partial charge in [-0.3, -0.25) is 14.7 Å². The zero-order valence-electron chi connectivity index (χ0n) is 14.2. The molecule has 132 valence electrons. The van der Waals surface area contributed by atoms with Crippen molar-refractivity contribution in [2.45, 2.75) is 13.8 Å². The number of nitrogens with zero attached hydrogens (tertiary/aromatic N) is 2. The lowest BCUT2D eigenvalue weighted by atomic mass is 10.2. The standard InChI is InChI=1S/C16H18N4O5/c1-9-5-12(19-18-9)16(22)20-17-8-11-6-13(23-3)15(25-10(2)21)14(7-11)24-4/h5-8H,1-4H3,(H,18,19)(H,20,22)/b17-8-. The van der Waals surface area contributed by atoms with E-state index in [1.54, 1.807) is 25.1 Å². The first-order valence-corrected chi connectivity index (χ1v) is 7.24. The third-order valence-electron chi connectivity index (χ3n) is 3.05. The molecule has 0 fully saturated rings. The first-order valence-electron chi connectivity index (χ1n) is 7.24. The summed E-state index contributed by atoms with van der Waals surface area (Å²) in [6.45, 7) is 3.07. The highest BCUT2D eigenvalue weighted by atomic mass is 16.6. The third kappa shape index (κ3) is 4.56. The largest absolute Gasteiger partial charge is 0.493 e. The summed E-state index contributed by atoms with van der Waals surface area (Å²) in [6.07, 6.45) is 1.40. The van der Waals surface area contributed by atoms with Crippen LogP contribution in [0.15, 0.2) is 23.3 Å². The quantitative estimate of drug-likeness (QED) is 0.354. The van der Waals surface area contributed by atoms with Crippen LogP contribution in [0, 0.1) is 6.92 Å². The van der Waals surface area contributed by atoms with Gasteiger partial charge in [0.2, 0.25) is 5.75 Å². The summed E-state index contributed by atoms with van der Waals surface area (Å²) in [5, 5.41) is 10.4. The van der Waals surface area contributed by atoms with Crippen LogP contribution in [0.25, 0.3) is 0 Å². The fraction of sp³-hybridized carbons (Fsp3) is 0.250. The minimum Gasteiger partial charge on any atom is -0.493 e. The van der Waals surface area contributed by atoms with Gasteiger partial charge in [0.15, 0.2) is 17.2 Å². The number of aryl methyl sites for hydroxylation is 1. The fourth-order valence-electron chi connectivity index (χ4n) is 1.98. The van der Waals surface area contributed by atoms with Crippen molar-refractivity contribution >= 4 is 18.1 Å². The molecule has 0 aliphatic carbocycles. The third-order valence-corrected chi connectivity index (χ3v) is 3.05. The summed E-state index contributed by atoms with van der Waals surface area (Å²) in [5.41, 5.74) is 3.94. The second-order valence-electron chi connectivity index (χ2n) is 4.98. The van der Waals surface area contributed by atoms with Gasteiger partial charge in [0.1, 0.15) is 0 Å². The Morgan fingerprint density at radius 3 is 2.32 bits per heavy atom. The van der Waals surface area contributed by atoms with Crippen molar-refractivity contribution in [3.63, 3.8) is 0 Å². The number of methoxy groups -OCH3 is 2. The molecule has 0 saturated carbocycles. The molecule has 1 aromatic heterocycles. The zero-order chi connectivity index (χ0) is 18.4. The summed E-state index contributed by atoms with van der Waals surface area (Å²) in [7, 11) is 2.87. The van der Waals surface area contributed by atoms with Crippen molar-refractivity contribution in [1.82, 2.24) is 15.6 Å². The highest BCUT2D eigenvalue weighted by Crippen LogP contribution is 2.38. The summed E-state index contributed by atoms with van der Waals surface area (Å²) in [5.74, 6) is -0.183. The molecular weight excluding hydrogens is 328 g/mol. The molecule has 0 aliphatic rings. The van der Waals surface area contributed by atoms with Gasteiger partial charge >= 0.3 is 5.97 Å². The second-order valence-corrected chi connectivity index (χ2v) is 4.98. The number of hydrogen-bond acceptors (Lipinski definition) is 7. The molecule has 0 unspecified atom stereocenters. The van der Waals surface area contributed by atoms with Crippen LogP contribution < -0.4 is 19.6 Å². The highest BCUT2D eigenvalue weighted by Gasteiger charge is 2.15.